The first-order valence-electron chi connectivity index (χ1n) is 3.58. The standard InChI is InChI=1S/C8H9BrFNO2/c1-11(13)4-5-7(12)3-2-6(9)8(5)10/h2-3,12-13H,4H2,1H3. The number of halogens is 2. The van der Waals surface area contributed by atoms with E-state index in [4.69, 9.17) is 5.21 Å². The number of phenols is 1. The van der Waals surface area contributed by atoms with Crippen LogP contribution in [0.25, 0.3) is 0 Å². The van der Waals surface area contributed by atoms with Crippen LogP contribution in [0.4, 0.5) is 4.39 Å². The maximum absolute atomic E-state index is 13.3. The van der Waals surface area contributed by atoms with E-state index in [1.165, 1.54) is 19.2 Å². The predicted octanol–water partition coefficient (Wildman–Crippen LogP) is 2.11. The molecule has 1 aromatic rings. The molecule has 0 saturated heterocycles. The van der Waals surface area contributed by atoms with Crippen LogP contribution in [0.3, 0.4) is 0 Å². The molecule has 0 bridgehead atoms. The van der Waals surface area contributed by atoms with Gasteiger partial charge in [-0.15, -0.1) is 0 Å². The molecule has 1 rings (SSSR count). The molecule has 0 aliphatic rings. The summed E-state index contributed by atoms with van der Waals surface area (Å²) >= 11 is 2.98. The van der Waals surface area contributed by atoms with Crippen LogP contribution in [0.15, 0.2) is 16.6 Å². The second-order valence-electron chi connectivity index (χ2n) is 2.67. The van der Waals surface area contributed by atoms with Crippen molar-refractivity contribution in [2.45, 2.75) is 6.54 Å². The van der Waals surface area contributed by atoms with Crippen LogP contribution in [0, 0.1) is 5.82 Å². The van der Waals surface area contributed by atoms with Gasteiger partial charge in [0.15, 0.2) is 0 Å². The zero-order valence-electron chi connectivity index (χ0n) is 6.96. The fraction of sp³-hybridized carbons (Fsp3) is 0.250. The minimum Gasteiger partial charge on any atom is -0.508 e. The van der Waals surface area contributed by atoms with Gasteiger partial charge in [-0.25, -0.2) is 4.39 Å². The Labute approximate surface area is 83.5 Å². The average molecular weight is 250 g/mol. The molecule has 0 amide bonds. The van der Waals surface area contributed by atoms with E-state index < -0.39 is 5.82 Å². The molecule has 1 aromatic carbocycles. The Morgan fingerprint density at radius 2 is 2.15 bits per heavy atom. The normalized spacial score (nSPS) is 10.8. The van der Waals surface area contributed by atoms with E-state index in [1.54, 1.807) is 0 Å². The molecule has 0 radical (unpaired) electrons. The molecule has 3 nitrogen and oxygen atoms in total. The Morgan fingerprint density at radius 3 is 2.69 bits per heavy atom. The average Bonchev–Trinajstić information content (AvgIpc) is 2.05. The molecule has 5 heteroatoms. The molecule has 72 valence electrons. The summed E-state index contributed by atoms with van der Waals surface area (Å²) in [6.45, 7) is -0.0584. The summed E-state index contributed by atoms with van der Waals surface area (Å²) in [6, 6.07) is 2.78. The van der Waals surface area contributed by atoms with Crippen LogP contribution < -0.4 is 0 Å². The van der Waals surface area contributed by atoms with Crippen molar-refractivity contribution in [2.24, 2.45) is 0 Å². The van der Waals surface area contributed by atoms with Gasteiger partial charge in [0.2, 0.25) is 0 Å². The number of benzene rings is 1. The number of hydrogen-bond donors (Lipinski definition) is 2. The van der Waals surface area contributed by atoms with Crippen molar-refractivity contribution in [1.29, 1.82) is 0 Å². The van der Waals surface area contributed by atoms with E-state index in [1.807, 2.05) is 0 Å². The van der Waals surface area contributed by atoms with Gasteiger partial charge in [0.25, 0.3) is 0 Å². The molecule has 0 heterocycles. The summed E-state index contributed by atoms with van der Waals surface area (Å²) < 4.78 is 13.5. The maximum Gasteiger partial charge on any atom is 0.145 e. The summed E-state index contributed by atoms with van der Waals surface area (Å²) in [5, 5.41) is 18.9. The molecular formula is C8H9BrFNO2. The Bertz CT molecular complexity index is 317. The number of phenolic OH excluding ortho intramolecular Hbond substituents is 1. The van der Waals surface area contributed by atoms with Gasteiger partial charge in [-0.2, -0.15) is 5.06 Å². The quantitative estimate of drug-likeness (QED) is 0.790. The highest BCUT2D eigenvalue weighted by Crippen LogP contribution is 2.27. The summed E-state index contributed by atoms with van der Waals surface area (Å²) in [4.78, 5) is 0. The SMILES string of the molecule is CN(O)Cc1c(O)ccc(Br)c1F. The topological polar surface area (TPSA) is 43.7 Å². The third-order valence-corrected chi connectivity index (χ3v) is 2.17. The van der Waals surface area contributed by atoms with Gasteiger partial charge in [-0.05, 0) is 28.1 Å². The van der Waals surface area contributed by atoms with E-state index in [2.05, 4.69) is 15.9 Å². The Hall–Kier alpha value is -0.650. The summed E-state index contributed by atoms with van der Waals surface area (Å²) in [5.74, 6) is -0.720. The van der Waals surface area contributed by atoms with E-state index in [-0.39, 0.29) is 22.3 Å². The van der Waals surface area contributed by atoms with Crippen molar-refractivity contribution in [3.8, 4) is 5.75 Å². The fourth-order valence-corrected chi connectivity index (χ4v) is 1.33. The molecule has 13 heavy (non-hydrogen) atoms. The van der Waals surface area contributed by atoms with Crippen LogP contribution in [0.1, 0.15) is 5.56 Å². The number of rotatable bonds is 2. The molecule has 0 fully saturated rings. The molecule has 0 aliphatic carbocycles. The lowest BCUT2D eigenvalue weighted by atomic mass is 10.2. The van der Waals surface area contributed by atoms with Crippen molar-refractivity contribution in [3.05, 3.63) is 28.0 Å². The van der Waals surface area contributed by atoms with Crippen molar-refractivity contribution in [2.75, 3.05) is 7.05 Å². The molecule has 0 aromatic heterocycles. The van der Waals surface area contributed by atoms with E-state index in [9.17, 15) is 9.50 Å². The number of nitrogens with zero attached hydrogens (tertiary/aromatic N) is 1. The minimum atomic E-state index is -0.555. The Kier molecular flexibility index (Phi) is 3.24. The van der Waals surface area contributed by atoms with E-state index >= 15 is 0 Å². The molecular weight excluding hydrogens is 241 g/mol. The van der Waals surface area contributed by atoms with Gasteiger partial charge in [-0.3, -0.25) is 0 Å². The van der Waals surface area contributed by atoms with Gasteiger partial charge in [-0.1, -0.05) is 0 Å². The molecule has 0 spiro atoms. The third kappa shape index (κ3) is 2.40. The molecule has 0 saturated carbocycles. The van der Waals surface area contributed by atoms with Crippen molar-refractivity contribution >= 4 is 15.9 Å². The summed E-state index contributed by atoms with van der Waals surface area (Å²) in [7, 11) is 1.37. The van der Waals surface area contributed by atoms with Gasteiger partial charge in [0.1, 0.15) is 11.6 Å². The molecule has 0 atom stereocenters. The van der Waals surface area contributed by atoms with Gasteiger partial charge >= 0.3 is 0 Å². The second-order valence-corrected chi connectivity index (χ2v) is 3.53. The fourth-order valence-electron chi connectivity index (χ4n) is 0.962. The smallest absolute Gasteiger partial charge is 0.145 e. The summed E-state index contributed by atoms with van der Waals surface area (Å²) in [5.41, 5.74) is 0.0689. The van der Waals surface area contributed by atoms with Crippen LogP contribution >= 0.6 is 15.9 Å². The van der Waals surface area contributed by atoms with Gasteiger partial charge < -0.3 is 10.3 Å². The van der Waals surface area contributed by atoms with Crippen LogP contribution in [-0.2, 0) is 6.54 Å². The minimum absolute atomic E-state index is 0.0584. The van der Waals surface area contributed by atoms with Crippen molar-refractivity contribution < 1.29 is 14.7 Å². The monoisotopic (exact) mass is 249 g/mol. The zero-order chi connectivity index (χ0) is 10.0. The lowest BCUT2D eigenvalue weighted by Gasteiger charge is -2.11. The van der Waals surface area contributed by atoms with E-state index in [0.717, 1.165) is 5.06 Å². The van der Waals surface area contributed by atoms with Crippen molar-refractivity contribution in [3.63, 3.8) is 0 Å². The number of hydroxylamine groups is 2. The van der Waals surface area contributed by atoms with Crippen molar-refractivity contribution in [1.82, 2.24) is 5.06 Å². The van der Waals surface area contributed by atoms with Crippen LogP contribution in [-0.4, -0.2) is 22.4 Å². The first kappa shape index (κ1) is 10.4. The zero-order valence-corrected chi connectivity index (χ0v) is 8.55. The lowest BCUT2D eigenvalue weighted by molar-refractivity contribution is -0.0743. The maximum atomic E-state index is 13.3. The highest BCUT2D eigenvalue weighted by Gasteiger charge is 2.12. The molecule has 0 aliphatic heterocycles. The Morgan fingerprint density at radius 1 is 1.54 bits per heavy atom. The van der Waals surface area contributed by atoms with Crippen LogP contribution in [0.5, 0.6) is 5.75 Å². The molecule has 2 N–H and O–H groups in total. The van der Waals surface area contributed by atoms with Gasteiger partial charge in [0.05, 0.1) is 11.0 Å². The van der Waals surface area contributed by atoms with Gasteiger partial charge in [0, 0.05) is 12.6 Å². The first-order valence-corrected chi connectivity index (χ1v) is 4.37. The highest BCUT2D eigenvalue weighted by atomic mass is 79.9. The van der Waals surface area contributed by atoms with Crippen LogP contribution in [0.2, 0.25) is 0 Å². The molecule has 0 unspecified atom stereocenters. The first-order chi connectivity index (χ1) is 6.02. The largest absolute Gasteiger partial charge is 0.508 e. The lowest BCUT2D eigenvalue weighted by Crippen LogP contribution is -2.13. The Balaban J connectivity index is 3.10. The summed E-state index contributed by atoms with van der Waals surface area (Å²) in [6.07, 6.45) is 0. The second kappa shape index (κ2) is 4.04. The third-order valence-electron chi connectivity index (χ3n) is 1.56. The number of aromatic hydroxyl groups is 1. The highest BCUT2D eigenvalue weighted by molar-refractivity contribution is 9.10. The van der Waals surface area contributed by atoms with E-state index in [0.29, 0.717) is 0 Å². The predicted molar refractivity (Wildman–Crippen MR) is 49.0 cm³/mol. The number of hydrogen-bond acceptors (Lipinski definition) is 3.